The molecule has 1 fully saturated rings. The van der Waals surface area contributed by atoms with Crippen LogP contribution in [0.3, 0.4) is 0 Å². The molecule has 0 radical (unpaired) electrons. The molecular weight excluding hydrogens is 385 g/mol. The van der Waals surface area contributed by atoms with Gasteiger partial charge in [0.15, 0.2) is 6.61 Å². The number of amides is 1. The molecule has 1 saturated heterocycles. The molecular formula is C20H23Cl2N3O2. The van der Waals surface area contributed by atoms with Gasteiger partial charge in [-0.25, -0.2) is 0 Å². The highest BCUT2D eigenvalue weighted by atomic mass is 35.5. The monoisotopic (exact) mass is 407 g/mol. The summed E-state index contributed by atoms with van der Waals surface area (Å²) >= 11 is 11.9. The van der Waals surface area contributed by atoms with Crippen molar-refractivity contribution in [1.29, 1.82) is 0 Å². The number of nitrogens with zero attached hydrogens (tertiary/aromatic N) is 2. The van der Waals surface area contributed by atoms with Gasteiger partial charge < -0.3 is 19.9 Å². The average molecular weight is 408 g/mol. The van der Waals surface area contributed by atoms with Crippen molar-refractivity contribution in [3.05, 3.63) is 52.5 Å². The van der Waals surface area contributed by atoms with Crippen molar-refractivity contribution in [2.75, 3.05) is 49.5 Å². The smallest absolute Gasteiger partial charge is 0.262 e. The van der Waals surface area contributed by atoms with Crippen molar-refractivity contribution in [2.24, 2.45) is 0 Å². The topological polar surface area (TPSA) is 44.8 Å². The minimum atomic E-state index is -0.245. The third kappa shape index (κ3) is 5.51. The van der Waals surface area contributed by atoms with Crippen LogP contribution < -0.4 is 15.0 Å². The van der Waals surface area contributed by atoms with E-state index in [1.54, 1.807) is 18.2 Å². The number of hydrogen-bond acceptors (Lipinski definition) is 4. The summed E-state index contributed by atoms with van der Waals surface area (Å²) < 4.78 is 5.45. The van der Waals surface area contributed by atoms with Crippen molar-refractivity contribution in [1.82, 2.24) is 4.90 Å². The van der Waals surface area contributed by atoms with Crippen LogP contribution >= 0.6 is 23.2 Å². The van der Waals surface area contributed by atoms with Crippen LogP contribution in [0.2, 0.25) is 10.0 Å². The predicted octanol–water partition coefficient (Wildman–Crippen LogP) is 4.15. The molecule has 0 atom stereocenters. The Balaban J connectivity index is 1.50. The Morgan fingerprint density at radius 1 is 1.07 bits per heavy atom. The first-order valence-corrected chi connectivity index (χ1v) is 9.76. The highest BCUT2D eigenvalue weighted by molar-refractivity contribution is 6.35. The Bertz CT molecular complexity index is 775. The Kier molecular flexibility index (Phi) is 6.83. The molecule has 5 nitrogen and oxygen atoms in total. The normalized spacial score (nSPS) is 14.9. The maximum Gasteiger partial charge on any atom is 0.262 e. The molecule has 0 aromatic heterocycles. The molecule has 7 heteroatoms. The van der Waals surface area contributed by atoms with E-state index in [2.05, 4.69) is 22.0 Å². The lowest BCUT2D eigenvalue weighted by Crippen LogP contribution is -2.46. The lowest BCUT2D eigenvalue weighted by atomic mass is 10.2. The first-order valence-electron chi connectivity index (χ1n) is 9.00. The van der Waals surface area contributed by atoms with Gasteiger partial charge in [-0.05, 0) is 49.0 Å². The van der Waals surface area contributed by atoms with Gasteiger partial charge in [-0.3, -0.25) is 4.79 Å². The van der Waals surface area contributed by atoms with E-state index in [0.717, 1.165) is 38.4 Å². The van der Waals surface area contributed by atoms with Crippen LogP contribution in [0.5, 0.6) is 5.75 Å². The van der Waals surface area contributed by atoms with Gasteiger partial charge in [0.05, 0.1) is 5.02 Å². The highest BCUT2D eigenvalue weighted by Gasteiger charge is 2.15. The summed E-state index contributed by atoms with van der Waals surface area (Å²) in [6.45, 7) is 7.38. The van der Waals surface area contributed by atoms with Crippen molar-refractivity contribution in [3.8, 4) is 5.75 Å². The van der Waals surface area contributed by atoms with E-state index in [-0.39, 0.29) is 12.5 Å². The minimum Gasteiger partial charge on any atom is -0.482 e. The fourth-order valence-electron chi connectivity index (χ4n) is 3.01. The SMILES string of the molecule is CCN1CCN(c2ccc(NC(=O)COc3ccc(Cl)cc3Cl)cc2)CC1. The Morgan fingerprint density at radius 2 is 1.78 bits per heavy atom. The minimum absolute atomic E-state index is 0.123. The average Bonchev–Trinajstić information content (AvgIpc) is 2.68. The number of hydrogen-bond donors (Lipinski definition) is 1. The first-order chi connectivity index (χ1) is 13.0. The summed E-state index contributed by atoms with van der Waals surface area (Å²) in [4.78, 5) is 16.9. The second kappa shape index (κ2) is 9.31. The lowest BCUT2D eigenvalue weighted by molar-refractivity contribution is -0.118. The fourth-order valence-corrected chi connectivity index (χ4v) is 3.47. The van der Waals surface area contributed by atoms with Gasteiger partial charge in [0, 0.05) is 42.6 Å². The number of carbonyl (C=O) groups excluding carboxylic acids is 1. The molecule has 144 valence electrons. The number of ether oxygens (including phenoxy) is 1. The van der Waals surface area contributed by atoms with E-state index in [1.807, 2.05) is 24.3 Å². The molecule has 0 spiro atoms. The van der Waals surface area contributed by atoms with Gasteiger partial charge in [-0.15, -0.1) is 0 Å². The number of rotatable bonds is 6. The van der Waals surface area contributed by atoms with Crippen LogP contribution in [0.1, 0.15) is 6.92 Å². The number of nitrogens with one attached hydrogen (secondary N) is 1. The number of benzene rings is 2. The molecule has 0 unspecified atom stereocenters. The zero-order valence-electron chi connectivity index (χ0n) is 15.3. The number of halogens is 2. The molecule has 0 saturated carbocycles. The highest BCUT2D eigenvalue weighted by Crippen LogP contribution is 2.27. The van der Waals surface area contributed by atoms with Crippen LogP contribution in [0.25, 0.3) is 0 Å². The molecule has 1 heterocycles. The second-order valence-electron chi connectivity index (χ2n) is 6.38. The zero-order valence-corrected chi connectivity index (χ0v) is 16.8. The van der Waals surface area contributed by atoms with Crippen LogP contribution in [0.15, 0.2) is 42.5 Å². The molecule has 27 heavy (non-hydrogen) atoms. The van der Waals surface area contributed by atoms with Crippen LogP contribution in [-0.2, 0) is 4.79 Å². The van der Waals surface area contributed by atoms with Crippen molar-refractivity contribution < 1.29 is 9.53 Å². The third-order valence-corrected chi connectivity index (χ3v) is 5.12. The lowest BCUT2D eigenvalue weighted by Gasteiger charge is -2.35. The summed E-state index contributed by atoms with van der Waals surface area (Å²) in [5.74, 6) is 0.183. The summed E-state index contributed by atoms with van der Waals surface area (Å²) in [6.07, 6.45) is 0. The van der Waals surface area contributed by atoms with E-state index < -0.39 is 0 Å². The van der Waals surface area contributed by atoms with Crippen molar-refractivity contribution in [3.63, 3.8) is 0 Å². The zero-order chi connectivity index (χ0) is 19.2. The summed E-state index contributed by atoms with van der Waals surface area (Å²) in [6, 6.07) is 12.8. The Morgan fingerprint density at radius 3 is 2.41 bits per heavy atom. The van der Waals surface area contributed by atoms with Gasteiger partial charge in [0.25, 0.3) is 5.91 Å². The quantitative estimate of drug-likeness (QED) is 0.780. The van der Waals surface area contributed by atoms with E-state index in [9.17, 15) is 4.79 Å². The van der Waals surface area contributed by atoms with E-state index in [1.165, 1.54) is 5.69 Å². The van der Waals surface area contributed by atoms with Crippen LogP contribution in [0, 0.1) is 0 Å². The van der Waals surface area contributed by atoms with Crippen molar-refractivity contribution in [2.45, 2.75) is 6.92 Å². The summed E-state index contributed by atoms with van der Waals surface area (Å²) in [5.41, 5.74) is 1.91. The van der Waals surface area contributed by atoms with E-state index in [0.29, 0.717) is 15.8 Å². The van der Waals surface area contributed by atoms with E-state index >= 15 is 0 Å². The third-order valence-electron chi connectivity index (χ3n) is 4.59. The van der Waals surface area contributed by atoms with Crippen LogP contribution in [-0.4, -0.2) is 50.1 Å². The van der Waals surface area contributed by atoms with Gasteiger partial charge >= 0.3 is 0 Å². The van der Waals surface area contributed by atoms with Gasteiger partial charge in [0.2, 0.25) is 0 Å². The predicted molar refractivity (Wildman–Crippen MR) is 111 cm³/mol. The number of piperazine rings is 1. The molecule has 2 aromatic rings. The fraction of sp³-hybridized carbons (Fsp3) is 0.350. The first kappa shape index (κ1) is 19.8. The van der Waals surface area contributed by atoms with Gasteiger partial charge in [-0.2, -0.15) is 0 Å². The maximum absolute atomic E-state index is 12.1. The molecule has 1 aliphatic heterocycles. The Hall–Kier alpha value is -1.95. The second-order valence-corrected chi connectivity index (χ2v) is 7.22. The number of anilines is 2. The Labute approximate surface area is 169 Å². The summed E-state index contributed by atoms with van der Waals surface area (Å²) in [5, 5.41) is 3.73. The maximum atomic E-state index is 12.1. The molecule has 1 amide bonds. The number of carbonyl (C=O) groups is 1. The molecule has 2 aromatic carbocycles. The molecule has 1 aliphatic rings. The largest absolute Gasteiger partial charge is 0.482 e. The van der Waals surface area contributed by atoms with Gasteiger partial charge in [-0.1, -0.05) is 30.1 Å². The van der Waals surface area contributed by atoms with Gasteiger partial charge in [0.1, 0.15) is 5.75 Å². The van der Waals surface area contributed by atoms with Crippen LogP contribution in [0.4, 0.5) is 11.4 Å². The molecule has 3 rings (SSSR count). The molecule has 0 aliphatic carbocycles. The van der Waals surface area contributed by atoms with Crippen molar-refractivity contribution >= 4 is 40.5 Å². The molecule has 1 N–H and O–H groups in total. The number of likely N-dealkylation sites (N-methyl/N-ethyl adjacent to an activating group) is 1. The standard InChI is InChI=1S/C20H23Cl2N3O2/c1-2-24-9-11-25(12-10-24)17-6-4-16(5-7-17)23-20(26)14-27-19-8-3-15(21)13-18(19)22/h3-8,13H,2,9-12,14H2,1H3,(H,23,26). The van der Waals surface area contributed by atoms with E-state index in [4.69, 9.17) is 27.9 Å². The summed E-state index contributed by atoms with van der Waals surface area (Å²) in [7, 11) is 0. The molecule has 0 bridgehead atoms.